The zero-order valence-corrected chi connectivity index (χ0v) is 32.6. The minimum absolute atomic E-state index is 0.145. The van der Waals surface area contributed by atoms with Crippen LogP contribution in [0.2, 0.25) is 0 Å². The molecule has 0 radical (unpaired) electrons. The van der Waals surface area contributed by atoms with E-state index < -0.39 is 50.6 Å². The first kappa shape index (κ1) is 37.3. The number of nitrogens with one attached hydrogen (secondary N) is 2. The molecular weight excluding hydrogens is 715 g/mol. The number of ether oxygens (including phenoxy) is 2. The fourth-order valence-corrected chi connectivity index (χ4v) is 10.1. The normalized spacial score (nSPS) is 27.1. The molecule has 3 fully saturated rings. The van der Waals surface area contributed by atoms with E-state index in [4.69, 9.17) is 19.4 Å². The molecule has 3 aromatic rings. The molecule has 3 heterocycles. The van der Waals surface area contributed by atoms with Crippen LogP contribution in [0.25, 0.3) is 21.6 Å². The highest BCUT2D eigenvalue weighted by molar-refractivity contribution is 7.91. The number of aromatic nitrogens is 2. The quantitative estimate of drug-likeness (QED) is 0.269. The van der Waals surface area contributed by atoms with Crippen molar-refractivity contribution >= 4 is 50.0 Å². The minimum atomic E-state index is -3.83. The number of amides is 3. The number of hydrogen-bond acceptors (Lipinski definition) is 10. The summed E-state index contributed by atoms with van der Waals surface area (Å²) < 4.78 is 40.4. The summed E-state index contributed by atoms with van der Waals surface area (Å²) in [5.41, 5.74) is 1.93. The molecule has 4 aliphatic rings. The monoisotopic (exact) mass is 763 g/mol. The highest BCUT2D eigenvalue weighted by Crippen LogP contribution is 2.47. The number of benzene rings is 1. The molecule has 7 rings (SSSR count). The zero-order valence-electron chi connectivity index (χ0n) is 31.0. The lowest BCUT2D eigenvalue weighted by atomic mass is 9.93. The lowest BCUT2D eigenvalue weighted by molar-refractivity contribution is -0.140. The first-order valence-electron chi connectivity index (χ1n) is 18.8. The van der Waals surface area contributed by atoms with Crippen LogP contribution in [0.1, 0.15) is 89.3 Å². The summed E-state index contributed by atoms with van der Waals surface area (Å²) in [6.07, 6.45) is 8.30. The number of rotatable bonds is 9. The summed E-state index contributed by atoms with van der Waals surface area (Å²) in [4.78, 5) is 53.7. The second kappa shape index (κ2) is 14.7. The van der Waals surface area contributed by atoms with E-state index in [1.807, 2.05) is 35.7 Å². The second-order valence-electron chi connectivity index (χ2n) is 15.3. The highest BCUT2D eigenvalue weighted by Gasteiger charge is 2.62. The molecule has 14 heteroatoms. The molecule has 53 heavy (non-hydrogen) atoms. The zero-order chi connectivity index (χ0) is 37.7. The van der Waals surface area contributed by atoms with Gasteiger partial charge in [-0.15, -0.1) is 11.3 Å². The molecule has 12 nitrogen and oxygen atoms in total. The maximum absolute atomic E-state index is 14.3. The van der Waals surface area contributed by atoms with Crippen molar-refractivity contribution < 1.29 is 32.3 Å². The standard InChI is InChI=1S/C39H49N5O7S2/c1-6-26-32(50-5)15-14-27-33(19-30(40-34(26)27)36-41-31(21-52-36)22(2)3)51-24-17-28-29(18-24)37(46)44(4)16-10-8-7-9-11-23-20-39(23,42-35(28)45)38(47)43-53(48,49)25-12-13-25/h9,11,14-15,19,21-25,28-29H,6-8,10,12-13,16-18,20H2,1-5H3,(H,42,45)(H,43,47)/b11-9-/t23-,24-,28?,29-,39-/m1/s1. The fraction of sp³-hybridized carbons (Fsp3) is 0.564. The van der Waals surface area contributed by atoms with Gasteiger partial charge in [0.25, 0.3) is 5.91 Å². The summed E-state index contributed by atoms with van der Waals surface area (Å²) in [5.74, 6) is -1.58. The molecule has 1 unspecified atom stereocenters. The molecule has 5 atom stereocenters. The first-order chi connectivity index (χ1) is 25.3. The molecule has 3 amide bonds. The first-order valence-corrected chi connectivity index (χ1v) is 21.2. The predicted molar refractivity (Wildman–Crippen MR) is 203 cm³/mol. The Morgan fingerprint density at radius 1 is 1.13 bits per heavy atom. The van der Waals surface area contributed by atoms with E-state index in [0.29, 0.717) is 43.7 Å². The Hall–Kier alpha value is -4.04. The molecule has 2 N–H and O–H groups in total. The maximum atomic E-state index is 14.3. The largest absolute Gasteiger partial charge is 0.496 e. The number of sulfonamides is 1. The third kappa shape index (κ3) is 7.41. The molecule has 0 spiro atoms. The fourth-order valence-electron chi connectivity index (χ4n) is 7.78. The molecular formula is C39H49N5O7S2. The van der Waals surface area contributed by atoms with Gasteiger partial charge in [0.2, 0.25) is 21.8 Å². The molecule has 1 aromatic carbocycles. The summed E-state index contributed by atoms with van der Waals surface area (Å²) >= 11 is 1.52. The van der Waals surface area contributed by atoms with Crippen molar-refractivity contribution in [1.29, 1.82) is 0 Å². The van der Waals surface area contributed by atoms with Gasteiger partial charge in [0.15, 0.2) is 0 Å². The second-order valence-corrected chi connectivity index (χ2v) is 18.1. The molecule has 0 bridgehead atoms. The molecule has 284 valence electrons. The van der Waals surface area contributed by atoms with Gasteiger partial charge in [-0.05, 0) is 75.8 Å². The Balaban J connectivity index is 1.22. The van der Waals surface area contributed by atoms with Crippen molar-refractivity contribution in [3.8, 4) is 22.2 Å². The number of fused-ring (bicyclic) bond motifs is 3. The van der Waals surface area contributed by atoms with Gasteiger partial charge >= 0.3 is 0 Å². The number of thiazole rings is 1. The predicted octanol–water partition coefficient (Wildman–Crippen LogP) is 5.51. The van der Waals surface area contributed by atoms with Crippen LogP contribution >= 0.6 is 11.3 Å². The van der Waals surface area contributed by atoms with E-state index in [1.54, 1.807) is 19.1 Å². The summed E-state index contributed by atoms with van der Waals surface area (Å²) in [7, 11) is -0.423. The van der Waals surface area contributed by atoms with Gasteiger partial charge in [-0.2, -0.15) is 0 Å². The molecule has 1 aliphatic heterocycles. The van der Waals surface area contributed by atoms with Gasteiger partial charge < -0.3 is 19.7 Å². The Bertz CT molecular complexity index is 2060. The van der Waals surface area contributed by atoms with E-state index in [1.165, 1.54) is 11.3 Å². The summed E-state index contributed by atoms with van der Waals surface area (Å²) in [6, 6.07) is 5.73. The maximum Gasteiger partial charge on any atom is 0.259 e. The van der Waals surface area contributed by atoms with Crippen LogP contribution in [-0.4, -0.2) is 78.6 Å². The van der Waals surface area contributed by atoms with E-state index in [-0.39, 0.29) is 30.6 Å². The van der Waals surface area contributed by atoms with Gasteiger partial charge in [0.05, 0.1) is 35.4 Å². The number of pyridine rings is 1. The van der Waals surface area contributed by atoms with E-state index in [0.717, 1.165) is 52.2 Å². The Morgan fingerprint density at radius 2 is 1.91 bits per heavy atom. The molecule has 3 aliphatic carbocycles. The van der Waals surface area contributed by atoms with Crippen LogP contribution in [0, 0.1) is 17.8 Å². The van der Waals surface area contributed by atoms with E-state index in [9.17, 15) is 22.8 Å². The molecule has 2 aromatic heterocycles. The lowest BCUT2D eigenvalue weighted by Gasteiger charge is -2.26. The van der Waals surface area contributed by atoms with Crippen LogP contribution in [0.3, 0.4) is 0 Å². The average Bonchev–Trinajstić information content (AvgIpc) is 4.01. The van der Waals surface area contributed by atoms with Crippen molar-refractivity contribution in [3.63, 3.8) is 0 Å². The van der Waals surface area contributed by atoms with Crippen LogP contribution < -0.4 is 19.5 Å². The van der Waals surface area contributed by atoms with Crippen molar-refractivity contribution in [2.45, 2.75) is 101 Å². The van der Waals surface area contributed by atoms with Gasteiger partial charge in [0, 0.05) is 41.9 Å². The Labute approximate surface area is 315 Å². The Kier molecular flexibility index (Phi) is 10.3. The van der Waals surface area contributed by atoms with Gasteiger partial charge in [-0.1, -0.05) is 32.9 Å². The number of nitrogens with zero attached hydrogens (tertiary/aromatic N) is 3. The highest BCUT2D eigenvalue weighted by atomic mass is 32.2. The summed E-state index contributed by atoms with van der Waals surface area (Å²) in [6.45, 7) is 6.81. The topological polar surface area (TPSA) is 157 Å². The van der Waals surface area contributed by atoms with Crippen molar-refractivity contribution in [2.75, 3.05) is 20.7 Å². The SMILES string of the molecule is CCc1c(OC)ccc2c(O[C@@H]3CC4C(=O)N[C@]5(C(=O)NS(=O)(=O)C6CC6)C[C@H]5/C=C\CCCCN(C)C(=O)[C@@H]4C3)cc(-c3nc(C(C)C)cs3)nc12. The number of carbonyl (C=O) groups is 3. The number of methoxy groups -OCH3 is 1. The molecule has 3 saturated carbocycles. The van der Waals surface area contributed by atoms with Crippen molar-refractivity contribution in [3.05, 3.63) is 47.0 Å². The number of aryl methyl sites for hydroxylation is 1. The van der Waals surface area contributed by atoms with Crippen molar-refractivity contribution in [2.24, 2.45) is 17.8 Å². The van der Waals surface area contributed by atoms with E-state index in [2.05, 4.69) is 30.8 Å². The summed E-state index contributed by atoms with van der Waals surface area (Å²) in [5, 5.41) is 5.99. The minimum Gasteiger partial charge on any atom is -0.496 e. The van der Waals surface area contributed by atoms with Crippen LogP contribution in [-0.2, 0) is 30.8 Å². The van der Waals surface area contributed by atoms with Crippen LogP contribution in [0.4, 0.5) is 0 Å². The lowest BCUT2D eigenvalue weighted by Crippen LogP contribution is -2.54. The Morgan fingerprint density at radius 3 is 2.60 bits per heavy atom. The van der Waals surface area contributed by atoms with Crippen LogP contribution in [0.5, 0.6) is 11.5 Å². The van der Waals surface area contributed by atoms with Gasteiger partial charge in [-0.25, -0.2) is 18.4 Å². The van der Waals surface area contributed by atoms with Crippen LogP contribution in [0.15, 0.2) is 35.7 Å². The van der Waals surface area contributed by atoms with Crippen molar-refractivity contribution in [1.82, 2.24) is 24.9 Å². The molecule has 0 saturated heterocycles. The third-order valence-corrected chi connectivity index (χ3v) is 13.9. The number of allylic oxidation sites excluding steroid dienone is 1. The van der Waals surface area contributed by atoms with Gasteiger partial charge in [-0.3, -0.25) is 19.1 Å². The number of carbonyl (C=O) groups excluding carboxylic acids is 3. The smallest absolute Gasteiger partial charge is 0.259 e. The third-order valence-electron chi connectivity index (χ3n) is 11.2. The van der Waals surface area contributed by atoms with E-state index >= 15 is 0 Å². The number of hydrogen-bond donors (Lipinski definition) is 2. The average molecular weight is 764 g/mol. The van der Waals surface area contributed by atoms with Gasteiger partial charge in [0.1, 0.15) is 33.8 Å².